The van der Waals surface area contributed by atoms with Gasteiger partial charge in [-0.1, -0.05) is 36.4 Å². The fourth-order valence-corrected chi connectivity index (χ4v) is 3.16. The third-order valence-corrected chi connectivity index (χ3v) is 4.31. The van der Waals surface area contributed by atoms with Crippen LogP contribution in [0.5, 0.6) is 5.75 Å². The number of fused-ring (bicyclic) bond motifs is 1. The highest BCUT2D eigenvalue weighted by molar-refractivity contribution is 5.41. The Labute approximate surface area is 120 Å². The van der Waals surface area contributed by atoms with E-state index in [1.54, 1.807) is 7.11 Å². The van der Waals surface area contributed by atoms with E-state index in [4.69, 9.17) is 10.5 Å². The van der Waals surface area contributed by atoms with Gasteiger partial charge in [-0.25, -0.2) is 0 Å². The summed E-state index contributed by atoms with van der Waals surface area (Å²) in [6.07, 6.45) is 3.14. The highest BCUT2D eigenvalue weighted by Crippen LogP contribution is 2.35. The van der Waals surface area contributed by atoms with Crippen LogP contribution in [0.3, 0.4) is 0 Å². The second kappa shape index (κ2) is 5.68. The fraction of sp³-hybridized carbons (Fsp3) is 0.333. The van der Waals surface area contributed by atoms with E-state index < -0.39 is 0 Å². The minimum atomic E-state index is 0.231. The summed E-state index contributed by atoms with van der Waals surface area (Å²) < 4.78 is 5.37. The number of hydrogen-bond acceptors (Lipinski definition) is 2. The average Bonchev–Trinajstić information content (AvgIpc) is 2.51. The van der Waals surface area contributed by atoms with E-state index in [0.717, 1.165) is 25.0 Å². The molecule has 0 unspecified atom stereocenters. The molecule has 0 amide bonds. The average molecular weight is 267 g/mol. The molecule has 104 valence electrons. The van der Waals surface area contributed by atoms with Crippen molar-refractivity contribution in [2.75, 3.05) is 7.11 Å². The Hall–Kier alpha value is -1.80. The number of rotatable bonds is 3. The van der Waals surface area contributed by atoms with Crippen molar-refractivity contribution >= 4 is 0 Å². The van der Waals surface area contributed by atoms with Gasteiger partial charge in [-0.3, -0.25) is 0 Å². The topological polar surface area (TPSA) is 35.2 Å². The predicted molar refractivity (Wildman–Crippen MR) is 82.2 cm³/mol. The SMILES string of the molecule is COc1ccc2c(c1)[C@@H](Cc1ccccc1)[C@@H](N)CC2. The fourth-order valence-electron chi connectivity index (χ4n) is 3.16. The summed E-state index contributed by atoms with van der Waals surface area (Å²) in [6, 6.07) is 17.3. The Morgan fingerprint density at radius 2 is 1.95 bits per heavy atom. The molecule has 1 aliphatic carbocycles. The molecule has 0 saturated heterocycles. The summed E-state index contributed by atoms with van der Waals surface area (Å²) in [5, 5.41) is 0. The van der Waals surface area contributed by atoms with Crippen LogP contribution in [0.1, 0.15) is 29.0 Å². The Balaban J connectivity index is 1.94. The molecule has 0 heterocycles. The molecule has 0 saturated carbocycles. The number of nitrogens with two attached hydrogens (primary N) is 1. The molecule has 0 radical (unpaired) electrons. The maximum absolute atomic E-state index is 6.39. The summed E-state index contributed by atoms with van der Waals surface area (Å²) in [7, 11) is 1.72. The first-order valence-electron chi connectivity index (χ1n) is 7.24. The van der Waals surface area contributed by atoms with Gasteiger partial charge < -0.3 is 10.5 Å². The van der Waals surface area contributed by atoms with Gasteiger partial charge >= 0.3 is 0 Å². The quantitative estimate of drug-likeness (QED) is 0.926. The van der Waals surface area contributed by atoms with Crippen molar-refractivity contribution in [3.05, 3.63) is 65.2 Å². The molecule has 2 N–H and O–H groups in total. The molecule has 20 heavy (non-hydrogen) atoms. The van der Waals surface area contributed by atoms with Crippen molar-refractivity contribution < 1.29 is 4.74 Å². The summed E-state index contributed by atoms with van der Waals surface area (Å²) in [6.45, 7) is 0. The number of hydrogen-bond donors (Lipinski definition) is 1. The Bertz CT molecular complexity index is 579. The minimum absolute atomic E-state index is 0.231. The standard InChI is InChI=1S/C18H21NO/c1-20-15-9-7-14-8-10-18(19)17(16(14)12-15)11-13-5-3-2-4-6-13/h2-7,9,12,17-18H,8,10-11,19H2,1H3/t17-,18+/m1/s1. The summed E-state index contributed by atoms with van der Waals surface area (Å²) in [5.41, 5.74) is 10.5. The molecule has 0 spiro atoms. The van der Waals surface area contributed by atoms with E-state index in [2.05, 4.69) is 48.5 Å². The molecule has 0 aromatic heterocycles. The Morgan fingerprint density at radius 1 is 1.15 bits per heavy atom. The van der Waals surface area contributed by atoms with Gasteiger partial charge in [0.15, 0.2) is 0 Å². The van der Waals surface area contributed by atoms with Crippen LogP contribution in [0.15, 0.2) is 48.5 Å². The third kappa shape index (κ3) is 2.56. The molecule has 2 nitrogen and oxygen atoms in total. The van der Waals surface area contributed by atoms with Crippen LogP contribution in [-0.2, 0) is 12.8 Å². The van der Waals surface area contributed by atoms with Crippen LogP contribution in [0.4, 0.5) is 0 Å². The third-order valence-electron chi connectivity index (χ3n) is 4.31. The van der Waals surface area contributed by atoms with Crippen molar-refractivity contribution in [2.24, 2.45) is 5.73 Å². The van der Waals surface area contributed by atoms with E-state index in [-0.39, 0.29) is 6.04 Å². The van der Waals surface area contributed by atoms with Crippen LogP contribution in [0, 0.1) is 0 Å². The van der Waals surface area contributed by atoms with Gasteiger partial charge in [0.25, 0.3) is 0 Å². The first kappa shape index (κ1) is 13.2. The van der Waals surface area contributed by atoms with E-state index >= 15 is 0 Å². The van der Waals surface area contributed by atoms with Crippen LogP contribution in [0.2, 0.25) is 0 Å². The maximum atomic E-state index is 6.39. The van der Waals surface area contributed by atoms with E-state index in [0.29, 0.717) is 5.92 Å². The lowest BCUT2D eigenvalue weighted by atomic mass is 9.76. The van der Waals surface area contributed by atoms with Crippen LogP contribution in [0.25, 0.3) is 0 Å². The number of ether oxygens (including phenoxy) is 1. The minimum Gasteiger partial charge on any atom is -0.497 e. The lowest BCUT2D eigenvalue weighted by Crippen LogP contribution is -2.34. The zero-order chi connectivity index (χ0) is 13.9. The van der Waals surface area contributed by atoms with Gasteiger partial charge in [-0.2, -0.15) is 0 Å². The molecule has 0 aliphatic heterocycles. The largest absolute Gasteiger partial charge is 0.497 e. The van der Waals surface area contributed by atoms with Crippen LogP contribution < -0.4 is 10.5 Å². The molecular weight excluding hydrogens is 246 g/mol. The molecule has 2 atom stereocenters. The predicted octanol–water partition coefficient (Wildman–Crippen LogP) is 3.30. The van der Waals surface area contributed by atoms with Gasteiger partial charge in [0.1, 0.15) is 5.75 Å². The lowest BCUT2D eigenvalue weighted by molar-refractivity contribution is 0.409. The Morgan fingerprint density at radius 3 is 2.70 bits per heavy atom. The van der Waals surface area contributed by atoms with Crippen LogP contribution >= 0.6 is 0 Å². The van der Waals surface area contributed by atoms with Crippen LogP contribution in [-0.4, -0.2) is 13.2 Å². The van der Waals surface area contributed by atoms with Gasteiger partial charge in [0.05, 0.1) is 7.11 Å². The molecular formula is C18H21NO. The van der Waals surface area contributed by atoms with Gasteiger partial charge in [0, 0.05) is 12.0 Å². The number of benzene rings is 2. The molecule has 2 aromatic carbocycles. The molecule has 2 heteroatoms. The van der Waals surface area contributed by atoms with Crippen molar-refractivity contribution in [3.63, 3.8) is 0 Å². The van der Waals surface area contributed by atoms with Gasteiger partial charge in [-0.05, 0) is 48.1 Å². The number of aryl methyl sites for hydroxylation is 1. The summed E-state index contributed by atoms with van der Waals surface area (Å²) >= 11 is 0. The van der Waals surface area contributed by atoms with Crippen molar-refractivity contribution in [3.8, 4) is 5.75 Å². The zero-order valence-electron chi connectivity index (χ0n) is 11.9. The zero-order valence-corrected chi connectivity index (χ0v) is 11.9. The smallest absolute Gasteiger partial charge is 0.119 e. The van der Waals surface area contributed by atoms with Crippen molar-refractivity contribution in [1.82, 2.24) is 0 Å². The van der Waals surface area contributed by atoms with E-state index in [1.807, 2.05) is 0 Å². The highest BCUT2D eigenvalue weighted by Gasteiger charge is 2.27. The second-order valence-electron chi connectivity index (χ2n) is 5.56. The highest BCUT2D eigenvalue weighted by atomic mass is 16.5. The van der Waals surface area contributed by atoms with Crippen molar-refractivity contribution in [2.45, 2.75) is 31.2 Å². The number of methoxy groups -OCH3 is 1. The normalized spacial score (nSPS) is 21.3. The Kier molecular flexibility index (Phi) is 3.75. The molecule has 0 bridgehead atoms. The van der Waals surface area contributed by atoms with Crippen molar-refractivity contribution in [1.29, 1.82) is 0 Å². The van der Waals surface area contributed by atoms with Gasteiger partial charge in [-0.15, -0.1) is 0 Å². The lowest BCUT2D eigenvalue weighted by Gasteiger charge is -2.31. The maximum Gasteiger partial charge on any atom is 0.119 e. The molecule has 1 aliphatic rings. The summed E-state index contributed by atoms with van der Waals surface area (Å²) in [4.78, 5) is 0. The first-order valence-corrected chi connectivity index (χ1v) is 7.24. The molecule has 2 aromatic rings. The molecule has 3 rings (SSSR count). The second-order valence-corrected chi connectivity index (χ2v) is 5.56. The van der Waals surface area contributed by atoms with E-state index in [9.17, 15) is 0 Å². The summed E-state index contributed by atoms with van der Waals surface area (Å²) in [5.74, 6) is 1.31. The first-order chi connectivity index (χ1) is 9.78. The monoisotopic (exact) mass is 267 g/mol. The van der Waals surface area contributed by atoms with Gasteiger partial charge in [0.2, 0.25) is 0 Å². The molecule has 0 fully saturated rings. The van der Waals surface area contributed by atoms with E-state index in [1.165, 1.54) is 16.7 Å².